The smallest absolute Gasteiger partial charge is 0.154 e. The summed E-state index contributed by atoms with van der Waals surface area (Å²) >= 11 is 0. The summed E-state index contributed by atoms with van der Waals surface area (Å²) < 4.78 is 23.4. The molecule has 0 bridgehead atoms. The number of sulfone groups is 1. The van der Waals surface area contributed by atoms with Crippen molar-refractivity contribution in [2.75, 3.05) is 12.3 Å². The minimum atomic E-state index is -2.94. The van der Waals surface area contributed by atoms with Crippen LogP contribution in [0, 0.1) is 0 Å². The molecule has 2 N–H and O–H groups in total. The van der Waals surface area contributed by atoms with Gasteiger partial charge in [0.1, 0.15) is 0 Å². The van der Waals surface area contributed by atoms with Gasteiger partial charge in [0.15, 0.2) is 9.84 Å². The molecule has 0 aliphatic rings. The van der Waals surface area contributed by atoms with Gasteiger partial charge in [0.25, 0.3) is 0 Å². The van der Waals surface area contributed by atoms with Crippen molar-refractivity contribution in [2.24, 2.45) is 5.73 Å². The zero-order valence-corrected chi connectivity index (χ0v) is 13.7. The van der Waals surface area contributed by atoms with Crippen LogP contribution in [0.5, 0.6) is 0 Å². The Morgan fingerprint density at radius 1 is 0.842 bits per heavy atom. The average molecular weight is 292 g/mol. The number of hydrogen-bond donors (Lipinski definition) is 1. The first-order valence-electron chi connectivity index (χ1n) is 7.96. The molecule has 0 heterocycles. The van der Waals surface area contributed by atoms with Crippen LogP contribution >= 0.6 is 0 Å². The molecular formula is C15H33NO2S. The van der Waals surface area contributed by atoms with Gasteiger partial charge in [0, 0.05) is 6.54 Å². The molecule has 116 valence electrons. The molecule has 0 aliphatic carbocycles. The third kappa shape index (κ3) is 10.4. The molecule has 0 aromatic heterocycles. The Kier molecular flexibility index (Phi) is 11.7. The van der Waals surface area contributed by atoms with E-state index in [0.29, 0.717) is 5.75 Å². The molecule has 0 aromatic rings. The van der Waals surface area contributed by atoms with Crippen LogP contribution in [-0.2, 0) is 9.84 Å². The summed E-state index contributed by atoms with van der Waals surface area (Å²) in [5.41, 5.74) is 5.40. The second kappa shape index (κ2) is 11.7. The molecule has 0 saturated heterocycles. The van der Waals surface area contributed by atoms with Gasteiger partial charge in [-0.2, -0.15) is 0 Å². The maximum atomic E-state index is 11.7. The molecule has 0 fully saturated rings. The summed E-state index contributed by atoms with van der Waals surface area (Å²) in [4.78, 5) is 0. The Hall–Kier alpha value is -0.0900. The van der Waals surface area contributed by atoms with Crippen molar-refractivity contribution < 1.29 is 8.42 Å². The summed E-state index contributed by atoms with van der Waals surface area (Å²) in [5.74, 6) is 0.307. The van der Waals surface area contributed by atoms with E-state index in [1.807, 2.05) is 0 Å². The van der Waals surface area contributed by atoms with Crippen LogP contribution in [0.2, 0.25) is 0 Å². The van der Waals surface area contributed by atoms with Gasteiger partial charge in [0.05, 0.1) is 11.0 Å². The van der Waals surface area contributed by atoms with E-state index < -0.39 is 9.84 Å². The lowest BCUT2D eigenvalue weighted by molar-refractivity contribution is 0.555. The summed E-state index contributed by atoms with van der Waals surface area (Å²) in [5, 5.41) is -0.383. The van der Waals surface area contributed by atoms with Crippen molar-refractivity contribution in [2.45, 2.75) is 83.3 Å². The summed E-state index contributed by atoms with van der Waals surface area (Å²) in [7, 11) is -2.94. The Bertz CT molecular complexity index is 289. The van der Waals surface area contributed by atoms with E-state index in [0.717, 1.165) is 12.8 Å². The maximum Gasteiger partial charge on any atom is 0.154 e. The molecule has 4 heteroatoms. The zero-order chi connectivity index (χ0) is 14.6. The Balaban J connectivity index is 3.36. The van der Waals surface area contributed by atoms with Crippen molar-refractivity contribution in [1.82, 2.24) is 0 Å². The molecule has 1 unspecified atom stereocenters. The normalized spacial score (nSPS) is 13.6. The molecular weight excluding hydrogens is 258 g/mol. The molecule has 3 nitrogen and oxygen atoms in total. The van der Waals surface area contributed by atoms with Gasteiger partial charge >= 0.3 is 0 Å². The van der Waals surface area contributed by atoms with Gasteiger partial charge < -0.3 is 5.73 Å². The monoisotopic (exact) mass is 291 g/mol. The van der Waals surface area contributed by atoms with Crippen LogP contribution in [0.15, 0.2) is 0 Å². The van der Waals surface area contributed by atoms with E-state index in [2.05, 4.69) is 6.92 Å². The molecule has 0 radical (unpaired) electrons. The largest absolute Gasteiger partial charge is 0.329 e. The van der Waals surface area contributed by atoms with Gasteiger partial charge in [-0.3, -0.25) is 0 Å². The van der Waals surface area contributed by atoms with Crippen LogP contribution in [0.3, 0.4) is 0 Å². The third-order valence-corrected chi connectivity index (χ3v) is 6.00. The van der Waals surface area contributed by atoms with E-state index in [4.69, 9.17) is 5.73 Å². The lowest BCUT2D eigenvalue weighted by Crippen LogP contribution is -2.28. The van der Waals surface area contributed by atoms with Crippen molar-refractivity contribution in [1.29, 1.82) is 0 Å². The predicted octanol–water partition coefficient (Wildman–Crippen LogP) is 3.67. The lowest BCUT2D eigenvalue weighted by Gasteiger charge is -2.09. The SMILES string of the molecule is CCCCCCCCCCCCS(=O)(=O)C(C)CN. The highest BCUT2D eigenvalue weighted by molar-refractivity contribution is 7.92. The van der Waals surface area contributed by atoms with Gasteiger partial charge in [-0.1, -0.05) is 64.7 Å². The van der Waals surface area contributed by atoms with Crippen LogP contribution in [-0.4, -0.2) is 26.0 Å². The van der Waals surface area contributed by atoms with Gasteiger partial charge in [-0.25, -0.2) is 8.42 Å². The fraction of sp³-hybridized carbons (Fsp3) is 1.00. The number of nitrogens with two attached hydrogens (primary N) is 1. The first-order valence-corrected chi connectivity index (χ1v) is 9.67. The Labute approximate surface area is 120 Å². The average Bonchev–Trinajstić information content (AvgIpc) is 2.39. The Morgan fingerprint density at radius 2 is 1.26 bits per heavy atom. The number of rotatable bonds is 13. The van der Waals surface area contributed by atoms with E-state index in [9.17, 15) is 8.42 Å². The lowest BCUT2D eigenvalue weighted by atomic mass is 10.1. The molecule has 0 amide bonds. The molecule has 0 spiro atoms. The van der Waals surface area contributed by atoms with Crippen molar-refractivity contribution in [3.05, 3.63) is 0 Å². The minimum absolute atomic E-state index is 0.236. The van der Waals surface area contributed by atoms with Crippen molar-refractivity contribution >= 4 is 9.84 Å². The van der Waals surface area contributed by atoms with E-state index in [1.165, 1.54) is 51.4 Å². The molecule has 19 heavy (non-hydrogen) atoms. The summed E-state index contributed by atoms with van der Waals surface area (Å²) in [6.07, 6.45) is 12.3. The van der Waals surface area contributed by atoms with Gasteiger partial charge in [-0.05, 0) is 13.3 Å². The highest BCUT2D eigenvalue weighted by Crippen LogP contribution is 2.11. The Morgan fingerprint density at radius 3 is 1.68 bits per heavy atom. The fourth-order valence-electron chi connectivity index (χ4n) is 2.14. The second-order valence-corrected chi connectivity index (χ2v) is 8.13. The quantitative estimate of drug-likeness (QED) is 0.527. The third-order valence-electron chi connectivity index (χ3n) is 3.73. The van der Waals surface area contributed by atoms with Gasteiger partial charge in [0.2, 0.25) is 0 Å². The van der Waals surface area contributed by atoms with Crippen LogP contribution in [0.4, 0.5) is 0 Å². The predicted molar refractivity (Wildman–Crippen MR) is 84.1 cm³/mol. The topological polar surface area (TPSA) is 60.2 Å². The zero-order valence-electron chi connectivity index (χ0n) is 12.9. The molecule has 0 aromatic carbocycles. The van der Waals surface area contributed by atoms with Crippen molar-refractivity contribution in [3.63, 3.8) is 0 Å². The maximum absolute atomic E-state index is 11.7. The highest BCUT2D eigenvalue weighted by Gasteiger charge is 2.18. The molecule has 0 aliphatic heterocycles. The first-order chi connectivity index (χ1) is 9.04. The standard InChI is InChI=1S/C15H33NO2S/c1-3-4-5-6-7-8-9-10-11-12-13-19(17,18)15(2)14-16/h15H,3-14,16H2,1-2H3. The highest BCUT2D eigenvalue weighted by atomic mass is 32.2. The fourth-order valence-corrected chi connectivity index (χ4v) is 3.44. The summed E-state index contributed by atoms with van der Waals surface area (Å²) in [6, 6.07) is 0. The first kappa shape index (κ1) is 18.9. The van der Waals surface area contributed by atoms with E-state index in [-0.39, 0.29) is 11.8 Å². The van der Waals surface area contributed by atoms with Crippen molar-refractivity contribution in [3.8, 4) is 0 Å². The van der Waals surface area contributed by atoms with Crippen LogP contribution < -0.4 is 5.73 Å². The van der Waals surface area contributed by atoms with E-state index in [1.54, 1.807) is 6.92 Å². The summed E-state index contributed by atoms with van der Waals surface area (Å²) in [6.45, 7) is 4.17. The van der Waals surface area contributed by atoms with Crippen LogP contribution in [0.1, 0.15) is 78.1 Å². The number of hydrogen-bond acceptors (Lipinski definition) is 3. The van der Waals surface area contributed by atoms with Gasteiger partial charge in [-0.15, -0.1) is 0 Å². The number of unbranched alkanes of at least 4 members (excludes halogenated alkanes) is 9. The second-order valence-electron chi connectivity index (χ2n) is 5.60. The molecule has 1 atom stereocenters. The van der Waals surface area contributed by atoms with E-state index >= 15 is 0 Å². The van der Waals surface area contributed by atoms with Crippen LogP contribution in [0.25, 0.3) is 0 Å². The minimum Gasteiger partial charge on any atom is -0.329 e. The molecule has 0 saturated carbocycles. The molecule has 0 rings (SSSR count).